The first-order chi connectivity index (χ1) is 7.84. The standard InChI is InChI=1S/C11H12N2O2S.ClH/c14-16(8-5-6-12-7-8)11-13-9-3-1-2-4-10(9)15-11;/h1-4,8,12H,5-7H2;1H/t8-,16+;/m0./s1. The van der Waals surface area contributed by atoms with Crippen LogP contribution in [-0.4, -0.2) is 27.5 Å². The van der Waals surface area contributed by atoms with Crippen molar-refractivity contribution in [2.45, 2.75) is 16.9 Å². The fourth-order valence-corrected chi connectivity index (χ4v) is 3.14. The van der Waals surface area contributed by atoms with Crippen LogP contribution in [0.1, 0.15) is 6.42 Å². The molecule has 2 atom stereocenters. The monoisotopic (exact) mass is 272 g/mol. The van der Waals surface area contributed by atoms with Gasteiger partial charge in [0.1, 0.15) is 16.3 Å². The first-order valence-electron chi connectivity index (χ1n) is 5.31. The van der Waals surface area contributed by atoms with Crippen LogP contribution in [0.5, 0.6) is 0 Å². The first-order valence-corrected chi connectivity index (χ1v) is 6.53. The number of nitrogens with one attached hydrogen (secondary N) is 1. The molecule has 1 N–H and O–H groups in total. The number of para-hydroxylation sites is 2. The topological polar surface area (TPSA) is 55.1 Å². The second-order valence-electron chi connectivity index (χ2n) is 3.86. The molecule has 4 nitrogen and oxygen atoms in total. The molecule has 17 heavy (non-hydrogen) atoms. The lowest BCUT2D eigenvalue weighted by atomic mass is 10.3. The number of nitrogens with zero attached hydrogens (tertiary/aromatic N) is 1. The first kappa shape index (κ1) is 12.5. The third-order valence-electron chi connectivity index (χ3n) is 2.76. The zero-order valence-corrected chi connectivity index (χ0v) is 10.7. The van der Waals surface area contributed by atoms with Gasteiger partial charge in [-0.25, -0.2) is 9.19 Å². The highest BCUT2D eigenvalue weighted by molar-refractivity contribution is 7.85. The molecular weight excluding hydrogens is 260 g/mol. The average Bonchev–Trinajstić information content (AvgIpc) is 2.97. The molecule has 0 bridgehead atoms. The van der Waals surface area contributed by atoms with Gasteiger partial charge in [0.2, 0.25) is 0 Å². The smallest absolute Gasteiger partial charge is 0.288 e. The fourth-order valence-electron chi connectivity index (χ4n) is 1.89. The summed E-state index contributed by atoms with van der Waals surface area (Å²) in [5, 5.41) is 3.68. The van der Waals surface area contributed by atoms with Gasteiger partial charge in [0, 0.05) is 6.54 Å². The minimum absolute atomic E-state index is 0. The summed E-state index contributed by atoms with van der Waals surface area (Å²) in [7, 11) is -1.13. The number of hydrogen-bond donors (Lipinski definition) is 1. The van der Waals surface area contributed by atoms with Crippen LogP contribution < -0.4 is 5.32 Å². The molecule has 1 aliphatic heterocycles. The maximum atomic E-state index is 12.1. The Balaban J connectivity index is 0.00000108. The van der Waals surface area contributed by atoms with Crippen LogP contribution in [0.15, 0.2) is 33.9 Å². The molecule has 0 amide bonds. The van der Waals surface area contributed by atoms with Crippen molar-refractivity contribution < 1.29 is 8.63 Å². The Kier molecular flexibility index (Phi) is 3.81. The number of aromatic nitrogens is 1. The molecule has 2 heterocycles. The zero-order chi connectivity index (χ0) is 11.0. The maximum Gasteiger partial charge on any atom is 0.288 e. The summed E-state index contributed by atoms with van der Waals surface area (Å²) in [6.07, 6.45) is 0.922. The molecule has 0 unspecified atom stereocenters. The van der Waals surface area contributed by atoms with E-state index in [4.69, 9.17) is 4.42 Å². The molecule has 92 valence electrons. The van der Waals surface area contributed by atoms with E-state index in [0.29, 0.717) is 10.8 Å². The van der Waals surface area contributed by atoms with Crippen molar-refractivity contribution in [2.24, 2.45) is 0 Å². The van der Waals surface area contributed by atoms with Gasteiger partial charge in [-0.3, -0.25) is 0 Å². The number of oxazole rings is 1. The normalized spacial score (nSPS) is 21.3. The Morgan fingerprint density at radius 2 is 2.24 bits per heavy atom. The summed E-state index contributed by atoms with van der Waals surface area (Å²) < 4.78 is 17.6. The summed E-state index contributed by atoms with van der Waals surface area (Å²) in [6, 6.07) is 7.49. The molecule has 0 aliphatic carbocycles. The quantitative estimate of drug-likeness (QED) is 0.904. The van der Waals surface area contributed by atoms with Gasteiger partial charge >= 0.3 is 0 Å². The van der Waals surface area contributed by atoms with Crippen molar-refractivity contribution in [1.82, 2.24) is 10.3 Å². The second kappa shape index (κ2) is 5.16. The van der Waals surface area contributed by atoms with E-state index >= 15 is 0 Å². The van der Waals surface area contributed by atoms with Gasteiger partial charge in [-0.1, -0.05) is 12.1 Å². The highest BCUT2D eigenvalue weighted by atomic mass is 35.5. The zero-order valence-electron chi connectivity index (χ0n) is 9.09. The lowest BCUT2D eigenvalue weighted by Gasteiger charge is -2.02. The Bertz CT molecular complexity index is 504. The molecule has 0 radical (unpaired) electrons. The number of benzene rings is 1. The van der Waals surface area contributed by atoms with Crippen LogP contribution in [0.4, 0.5) is 0 Å². The largest absolute Gasteiger partial charge is 0.430 e. The SMILES string of the molecule is Cl.O=[S@@](c1nc2ccccc2o1)[C@H]1CCNC1. The van der Waals surface area contributed by atoms with Gasteiger partial charge in [0.25, 0.3) is 5.22 Å². The van der Waals surface area contributed by atoms with Gasteiger partial charge in [-0.05, 0) is 25.1 Å². The van der Waals surface area contributed by atoms with Crippen molar-refractivity contribution in [3.8, 4) is 0 Å². The predicted octanol–water partition coefficient (Wildman–Crippen LogP) is 1.72. The molecule has 2 aromatic rings. The highest BCUT2D eigenvalue weighted by Gasteiger charge is 2.25. The molecule has 1 aliphatic rings. The van der Waals surface area contributed by atoms with Crippen LogP contribution in [0, 0.1) is 0 Å². The molecule has 3 rings (SSSR count). The Morgan fingerprint density at radius 1 is 1.41 bits per heavy atom. The third-order valence-corrected chi connectivity index (χ3v) is 4.29. The van der Waals surface area contributed by atoms with Gasteiger partial charge in [-0.2, -0.15) is 0 Å². The lowest BCUT2D eigenvalue weighted by molar-refractivity contribution is 0.475. The van der Waals surface area contributed by atoms with Crippen LogP contribution in [0.25, 0.3) is 11.1 Å². The van der Waals surface area contributed by atoms with Crippen molar-refractivity contribution in [1.29, 1.82) is 0 Å². The van der Waals surface area contributed by atoms with Gasteiger partial charge < -0.3 is 9.73 Å². The Labute approximate surface area is 108 Å². The van der Waals surface area contributed by atoms with Crippen LogP contribution >= 0.6 is 12.4 Å². The van der Waals surface area contributed by atoms with E-state index in [1.54, 1.807) is 0 Å². The van der Waals surface area contributed by atoms with Crippen molar-refractivity contribution in [3.05, 3.63) is 24.3 Å². The number of rotatable bonds is 2. The number of halogens is 1. The van der Waals surface area contributed by atoms with E-state index in [-0.39, 0.29) is 17.7 Å². The van der Waals surface area contributed by atoms with E-state index in [0.717, 1.165) is 25.0 Å². The van der Waals surface area contributed by atoms with E-state index < -0.39 is 10.8 Å². The molecular formula is C11H13ClN2O2S. The summed E-state index contributed by atoms with van der Waals surface area (Å²) in [6.45, 7) is 1.71. The molecule has 1 saturated heterocycles. The van der Waals surface area contributed by atoms with Gasteiger partial charge in [-0.15, -0.1) is 12.4 Å². The minimum Gasteiger partial charge on any atom is -0.430 e. The Morgan fingerprint density at radius 3 is 2.94 bits per heavy atom. The van der Waals surface area contributed by atoms with Crippen LogP contribution in [-0.2, 0) is 10.8 Å². The average molecular weight is 273 g/mol. The van der Waals surface area contributed by atoms with E-state index in [1.807, 2.05) is 24.3 Å². The van der Waals surface area contributed by atoms with Crippen molar-refractivity contribution in [2.75, 3.05) is 13.1 Å². The fraction of sp³-hybridized carbons (Fsp3) is 0.364. The van der Waals surface area contributed by atoms with Crippen molar-refractivity contribution >= 4 is 34.3 Å². The summed E-state index contributed by atoms with van der Waals surface area (Å²) in [4.78, 5) is 4.26. The number of hydrogen-bond acceptors (Lipinski definition) is 4. The molecule has 6 heteroatoms. The van der Waals surface area contributed by atoms with E-state index in [1.165, 1.54) is 0 Å². The highest BCUT2D eigenvalue weighted by Crippen LogP contribution is 2.20. The molecule has 1 aromatic heterocycles. The Hall–Kier alpha value is -0.910. The lowest BCUT2D eigenvalue weighted by Crippen LogP contribution is -2.18. The summed E-state index contributed by atoms with van der Waals surface area (Å²) in [5.41, 5.74) is 1.48. The number of fused-ring (bicyclic) bond motifs is 1. The van der Waals surface area contributed by atoms with E-state index in [9.17, 15) is 4.21 Å². The molecule has 0 saturated carbocycles. The second-order valence-corrected chi connectivity index (χ2v) is 5.47. The van der Waals surface area contributed by atoms with Gasteiger partial charge in [0.15, 0.2) is 5.58 Å². The summed E-state index contributed by atoms with van der Waals surface area (Å²) >= 11 is 0. The maximum absolute atomic E-state index is 12.1. The molecule has 1 aromatic carbocycles. The minimum atomic E-state index is -1.13. The van der Waals surface area contributed by atoms with E-state index in [2.05, 4.69) is 10.3 Å². The molecule has 0 spiro atoms. The summed E-state index contributed by atoms with van der Waals surface area (Å²) in [5.74, 6) is 0. The van der Waals surface area contributed by atoms with Crippen LogP contribution in [0.2, 0.25) is 0 Å². The van der Waals surface area contributed by atoms with Gasteiger partial charge in [0.05, 0.1) is 5.25 Å². The van der Waals surface area contributed by atoms with Crippen molar-refractivity contribution in [3.63, 3.8) is 0 Å². The van der Waals surface area contributed by atoms with Crippen LogP contribution in [0.3, 0.4) is 0 Å². The third kappa shape index (κ3) is 2.36. The molecule has 1 fully saturated rings. The predicted molar refractivity (Wildman–Crippen MR) is 68.9 cm³/mol.